The van der Waals surface area contributed by atoms with Crippen molar-refractivity contribution in [1.82, 2.24) is 4.90 Å². The summed E-state index contributed by atoms with van der Waals surface area (Å²) in [6, 6.07) is 4.96. The first kappa shape index (κ1) is 17.8. The Morgan fingerprint density at radius 2 is 1.82 bits per heavy atom. The maximum absolute atomic E-state index is 12.3. The molecule has 0 atom stereocenters. The van der Waals surface area contributed by atoms with Gasteiger partial charge in [0.1, 0.15) is 11.5 Å². The molecule has 122 valence electrons. The number of nitrogens with one attached hydrogen (secondary N) is 1. The molecule has 1 aromatic carbocycles. The Morgan fingerprint density at radius 3 is 2.27 bits per heavy atom. The Kier molecular flexibility index (Phi) is 5.79. The monoisotopic (exact) mass is 308 g/mol. The lowest BCUT2D eigenvalue weighted by Gasteiger charge is -2.34. The standard InChI is InChI=1S/C16H24N2O4/c1-7-18(16(2,3)4)15(20)14(19)17-12-9-8-11(21-5)10-13(12)22-6/h8-10H,7H2,1-6H3,(H,17,19). The number of hydrogen-bond acceptors (Lipinski definition) is 4. The summed E-state index contributed by atoms with van der Waals surface area (Å²) in [6.45, 7) is 7.95. The van der Waals surface area contributed by atoms with Crippen LogP contribution in [0.3, 0.4) is 0 Å². The Balaban J connectivity index is 2.95. The average molecular weight is 308 g/mol. The lowest BCUT2D eigenvalue weighted by Crippen LogP contribution is -2.49. The van der Waals surface area contributed by atoms with Crippen molar-refractivity contribution in [1.29, 1.82) is 0 Å². The second-order valence-corrected chi connectivity index (χ2v) is 5.74. The maximum atomic E-state index is 12.3. The molecule has 0 aromatic heterocycles. The van der Waals surface area contributed by atoms with Crippen molar-refractivity contribution < 1.29 is 19.1 Å². The van der Waals surface area contributed by atoms with Crippen LogP contribution in [0.15, 0.2) is 18.2 Å². The SMILES string of the molecule is CCN(C(=O)C(=O)Nc1ccc(OC)cc1OC)C(C)(C)C. The highest BCUT2D eigenvalue weighted by atomic mass is 16.5. The number of carbonyl (C=O) groups is 2. The van der Waals surface area contributed by atoms with Crippen LogP contribution in [0.4, 0.5) is 5.69 Å². The molecule has 0 aliphatic rings. The number of amides is 2. The van der Waals surface area contributed by atoms with Gasteiger partial charge in [0.25, 0.3) is 0 Å². The third kappa shape index (κ3) is 4.13. The number of benzene rings is 1. The van der Waals surface area contributed by atoms with Crippen molar-refractivity contribution in [2.24, 2.45) is 0 Å². The maximum Gasteiger partial charge on any atom is 0.314 e. The highest BCUT2D eigenvalue weighted by molar-refractivity contribution is 6.39. The van der Waals surface area contributed by atoms with E-state index in [2.05, 4.69) is 5.32 Å². The first-order chi connectivity index (χ1) is 10.2. The molecular formula is C16H24N2O4. The lowest BCUT2D eigenvalue weighted by molar-refractivity contribution is -0.146. The number of anilines is 1. The van der Waals surface area contributed by atoms with Gasteiger partial charge in [-0.2, -0.15) is 0 Å². The number of methoxy groups -OCH3 is 2. The van der Waals surface area contributed by atoms with E-state index in [9.17, 15) is 9.59 Å². The lowest BCUT2D eigenvalue weighted by atomic mass is 10.1. The average Bonchev–Trinajstić information content (AvgIpc) is 2.46. The number of ether oxygens (including phenoxy) is 2. The summed E-state index contributed by atoms with van der Waals surface area (Å²) >= 11 is 0. The van der Waals surface area contributed by atoms with E-state index in [4.69, 9.17) is 9.47 Å². The molecule has 0 heterocycles. The number of nitrogens with zero attached hydrogens (tertiary/aromatic N) is 1. The molecule has 0 aliphatic heterocycles. The largest absolute Gasteiger partial charge is 0.497 e. The fourth-order valence-corrected chi connectivity index (χ4v) is 2.12. The Bertz CT molecular complexity index is 550. The number of rotatable bonds is 4. The van der Waals surface area contributed by atoms with Gasteiger partial charge in [-0.25, -0.2) is 0 Å². The van der Waals surface area contributed by atoms with E-state index in [0.29, 0.717) is 23.7 Å². The summed E-state index contributed by atoms with van der Waals surface area (Å²) in [6.07, 6.45) is 0. The van der Waals surface area contributed by atoms with Gasteiger partial charge in [-0.1, -0.05) is 0 Å². The Morgan fingerprint density at radius 1 is 1.18 bits per heavy atom. The summed E-state index contributed by atoms with van der Waals surface area (Å²) in [5.41, 5.74) is -0.000656. The zero-order valence-electron chi connectivity index (χ0n) is 14.0. The molecule has 1 rings (SSSR count). The number of hydrogen-bond donors (Lipinski definition) is 1. The van der Waals surface area contributed by atoms with Crippen LogP contribution in [0, 0.1) is 0 Å². The molecule has 0 spiro atoms. The topological polar surface area (TPSA) is 67.9 Å². The Labute approximate surface area is 131 Å². The van der Waals surface area contributed by atoms with Gasteiger partial charge in [-0.05, 0) is 39.8 Å². The van der Waals surface area contributed by atoms with E-state index in [1.54, 1.807) is 25.3 Å². The molecule has 0 saturated carbocycles. The van der Waals surface area contributed by atoms with Crippen molar-refractivity contribution in [3.05, 3.63) is 18.2 Å². The summed E-state index contributed by atoms with van der Waals surface area (Å²) < 4.78 is 10.3. The molecule has 0 unspecified atom stereocenters. The molecule has 0 aliphatic carbocycles. The molecule has 2 amide bonds. The van der Waals surface area contributed by atoms with E-state index in [1.807, 2.05) is 27.7 Å². The number of likely N-dealkylation sites (N-methyl/N-ethyl adjacent to an activating group) is 1. The molecule has 22 heavy (non-hydrogen) atoms. The first-order valence-electron chi connectivity index (χ1n) is 7.09. The van der Waals surface area contributed by atoms with E-state index >= 15 is 0 Å². The van der Waals surface area contributed by atoms with Crippen LogP contribution >= 0.6 is 0 Å². The third-order valence-electron chi connectivity index (χ3n) is 3.22. The van der Waals surface area contributed by atoms with Gasteiger partial charge in [-0.3, -0.25) is 9.59 Å². The predicted molar refractivity (Wildman–Crippen MR) is 85.3 cm³/mol. The summed E-state index contributed by atoms with van der Waals surface area (Å²) in [5, 5.41) is 2.59. The van der Waals surface area contributed by atoms with Crippen LogP contribution in [-0.2, 0) is 9.59 Å². The van der Waals surface area contributed by atoms with Crippen molar-refractivity contribution in [3.63, 3.8) is 0 Å². The van der Waals surface area contributed by atoms with Crippen molar-refractivity contribution in [2.75, 3.05) is 26.1 Å². The smallest absolute Gasteiger partial charge is 0.314 e. The van der Waals surface area contributed by atoms with Gasteiger partial charge in [0, 0.05) is 18.2 Å². The van der Waals surface area contributed by atoms with Crippen LogP contribution in [0.5, 0.6) is 11.5 Å². The molecule has 0 fully saturated rings. The molecule has 0 radical (unpaired) electrons. The van der Waals surface area contributed by atoms with Gasteiger partial charge < -0.3 is 19.7 Å². The zero-order chi connectivity index (χ0) is 16.9. The van der Waals surface area contributed by atoms with Gasteiger partial charge in [0.2, 0.25) is 0 Å². The van der Waals surface area contributed by atoms with Crippen LogP contribution in [-0.4, -0.2) is 43.0 Å². The first-order valence-corrected chi connectivity index (χ1v) is 7.09. The van der Waals surface area contributed by atoms with Crippen LogP contribution in [0.2, 0.25) is 0 Å². The minimum absolute atomic E-state index is 0.423. The van der Waals surface area contributed by atoms with Gasteiger partial charge >= 0.3 is 11.8 Å². The van der Waals surface area contributed by atoms with E-state index in [1.165, 1.54) is 12.0 Å². The van der Waals surface area contributed by atoms with E-state index in [0.717, 1.165) is 0 Å². The Hall–Kier alpha value is -2.24. The number of carbonyl (C=O) groups excluding carboxylic acids is 2. The highest BCUT2D eigenvalue weighted by Crippen LogP contribution is 2.29. The van der Waals surface area contributed by atoms with Gasteiger partial charge in [-0.15, -0.1) is 0 Å². The minimum Gasteiger partial charge on any atom is -0.497 e. The normalized spacial score (nSPS) is 10.8. The molecule has 6 nitrogen and oxygen atoms in total. The molecule has 0 saturated heterocycles. The van der Waals surface area contributed by atoms with Gasteiger partial charge in [0.05, 0.1) is 19.9 Å². The van der Waals surface area contributed by atoms with Crippen molar-refractivity contribution in [2.45, 2.75) is 33.2 Å². The van der Waals surface area contributed by atoms with E-state index < -0.39 is 17.4 Å². The van der Waals surface area contributed by atoms with E-state index in [-0.39, 0.29) is 0 Å². The van der Waals surface area contributed by atoms with Gasteiger partial charge in [0.15, 0.2) is 0 Å². The highest BCUT2D eigenvalue weighted by Gasteiger charge is 2.30. The fraction of sp³-hybridized carbons (Fsp3) is 0.500. The third-order valence-corrected chi connectivity index (χ3v) is 3.22. The molecule has 1 N–H and O–H groups in total. The summed E-state index contributed by atoms with van der Waals surface area (Å²) in [7, 11) is 3.03. The fourth-order valence-electron chi connectivity index (χ4n) is 2.12. The van der Waals surface area contributed by atoms with Crippen molar-refractivity contribution in [3.8, 4) is 11.5 Å². The van der Waals surface area contributed by atoms with Crippen LogP contribution < -0.4 is 14.8 Å². The quantitative estimate of drug-likeness (QED) is 0.867. The predicted octanol–water partition coefficient (Wildman–Crippen LogP) is 2.29. The summed E-state index contributed by atoms with van der Waals surface area (Å²) in [5.74, 6) is -0.238. The van der Waals surface area contributed by atoms with Crippen LogP contribution in [0.1, 0.15) is 27.7 Å². The molecule has 1 aromatic rings. The van der Waals surface area contributed by atoms with Crippen LogP contribution in [0.25, 0.3) is 0 Å². The second kappa shape index (κ2) is 7.15. The molecular weight excluding hydrogens is 284 g/mol. The van der Waals surface area contributed by atoms with Crippen molar-refractivity contribution >= 4 is 17.5 Å². The zero-order valence-corrected chi connectivity index (χ0v) is 14.0. The summed E-state index contributed by atoms with van der Waals surface area (Å²) in [4.78, 5) is 26.0. The molecule has 6 heteroatoms. The second-order valence-electron chi connectivity index (χ2n) is 5.74. The minimum atomic E-state index is -0.694. The molecule has 0 bridgehead atoms.